The van der Waals surface area contributed by atoms with Crippen LogP contribution in [0.1, 0.15) is 10.5 Å². The second kappa shape index (κ2) is 9.17. The van der Waals surface area contributed by atoms with Gasteiger partial charge in [0.05, 0.1) is 12.0 Å². The van der Waals surface area contributed by atoms with Gasteiger partial charge in [-0.1, -0.05) is 18.2 Å². The Morgan fingerprint density at radius 1 is 0.939 bits per heavy atom. The van der Waals surface area contributed by atoms with E-state index in [2.05, 4.69) is 5.32 Å². The van der Waals surface area contributed by atoms with Crippen molar-refractivity contribution in [1.82, 2.24) is 13.7 Å². The number of anilines is 1. The molecule has 4 aromatic rings. The quantitative estimate of drug-likeness (QED) is 0.469. The predicted molar refractivity (Wildman–Crippen MR) is 125 cm³/mol. The molecule has 0 atom stereocenters. The van der Waals surface area contributed by atoms with Gasteiger partial charge in [0, 0.05) is 33.4 Å². The monoisotopic (exact) mass is 448 g/mol. The summed E-state index contributed by atoms with van der Waals surface area (Å²) in [6, 6.07) is 17.9. The first-order valence-electron chi connectivity index (χ1n) is 10.3. The molecule has 0 bridgehead atoms. The third kappa shape index (κ3) is 4.31. The summed E-state index contributed by atoms with van der Waals surface area (Å²) in [5.41, 5.74) is 0.263. The van der Waals surface area contributed by atoms with Gasteiger partial charge < -0.3 is 19.4 Å². The van der Waals surface area contributed by atoms with Crippen molar-refractivity contribution in [2.24, 2.45) is 14.1 Å². The number of hydrogen-bond donors (Lipinski definition) is 1. The first kappa shape index (κ1) is 22.1. The number of benzene rings is 2. The maximum Gasteiger partial charge on any atom is 0.332 e. The Kier molecular flexibility index (Phi) is 6.14. The molecule has 1 amide bonds. The number of carbonyl (C=O) groups excluding carboxylic acids is 1. The van der Waals surface area contributed by atoms with Crippen molar-refractivity contribution >= 4 is 22.6 Å². The van der Waals surface area contributed by atoms with Gasteiger partial charge in [-0.25, -0.2) is 4.79 Å². The van der Waals surface area contributed by atoms with Crippen LogP contribution in [0.3, 0.4) is 0 Å². The van der Waals surface area contributed by atoms with E-state index in [0.717, 1.165) is 4.57 Å². The fraction of sp³-hybridized carbons (Fsp3) is 0.208. The minimum absolute atomic E-state index is 0.255. The molecule has 2 heterocycles. The lowest BCUT2D eigenvalue weighted by molar-refractivity contribution is 0.101. The average Bonchev–Trinajstić information content (AvgIpc) is 3.21. The van der Waals surface area contributed by atoms with Crippen molar-refractivity contribution in [2.75, 3.05) is 19.0 Å². The lowest BCUT2D eigenvalue weighted by atomic mass is 10.2. The van der Waals surface area contributed by atoms with Crippen LogP contribution in [0.15, 0.2) is 70.3 Å². The van der Waals surface area contributed by atoms with Crippen LogP contribution in [0.25, 0.3) is 11.0 Å². The van der Waals surface area contributed by atoms with E-state index in [9.17, 15) is 14.4 Å². The lowest BCUT2D eigenvalue weighted by Crippen LogP contribution is -2.37. The molecule has 4 rings (SSSR count). The van der Waals surface area contributed by atoms with E-state index in [1.807, 2.05) is 30.3 Å². The van der Waals surface area contributed by atoms with E-state index in [0.29, 0.717) is 36.0 Å². The zero-order chi connectivity index (χ0) is 23.5. The molecule has 0 fully saturated rings. The summed E-state index contributed by atoms with van der Waals surface area (Å²) in [6.45, 7) is 0.603. The Labute approximate surface area is 189 Å². The van der Waals surface area contributed by atoms with Gasteiger partial charge in [-0.2, -0.15) is 0 Å². The van der Waals surface area contributed by atoms with E-state index < -0.39 is 17.2 Å². The summed E-state index contributed by atoms with van der Waals surface area (Å²) in [4.78, 5) is 38.2. The summed E-state index contributed by atoms with van der Waals surface area (Å²) in [5.74, 6) is 0.935. The molecule has 2 aromatic carbocycles. The predicted octanol–water partition coefficient (Wildman–Crippen LogP) is 2.73. The van der Waals surface area contributed by atoms with Crippen molar-refractivity contribution < 1.29 is 14.3 Å². The van der Waals surface area contributed by atoms with Crippen molar-refractivity contribution in [3.8, 4) is 11.5 Å². The largest absolute Gasteiger partial charge is 0.457 e. The standard InChI is InChI=1S/C24H24N4O5/c1-26-22-19(23(30)27(2)24(26)31)15-20(28(22)13-14-32-3)21(29)25-16-9-11-18(12-10-16)33-17-7-5-4-6-8-17/h4-12,15H,13-14H2,1-3H3,(H,25,29). The molecule has 2 aromatic heterocycles. The summed E-state index contributed by atoms with van der Waals surface area (Å²) < 4.78 is 15.0. The number of nitrogens with zero attached hydrogens (tertiary/aromatic N) is 3. The third-order valence-electron chi connectivity index (χ3n) is 5.34. The molecule has 9 heteroatoms. The van der Waals surface area contributed by atoms with Crippen molar-refractivity contribution in [1.29, 1.82) is 0 Å². The number of fused-ring (bicyclic) bond motifs is 1. The minimum Gasteiger partial charge on any atom is -0.457 e. The molecule has 170 valence electrons. The number of aryl methyl sites for hydroxylation is 1. The van der Waals surface area contributed by atoms with Crippen LogP contribution in [-0.2, 0) is 25.4 Å². The maximum absolute atomic E-state index is 13.1. The van der Waals surface area contributed by atoms with Gasteiger partial charge in [-0.15, -0.1) is 0 Å². The van der Waals surface area contributed by atoms with E-state index in [1.54, 1.807) is 43.0 Å². The van der Waals surface area contributed by atoms with Gasteiger partial charge in [-0.3, -0.25) is 18.7 Å². The normalized spacial score (nSPS) is 11.0. The van der Waals surface area contributed by atoms with E-state index in [1.165, 1.54) is 17.7 Å². The summed E-state index contributed by atoms with van der Waals surface area (Å²) in [5, 5.41) is 3.13. The third-order valence-corrected chi connectivity index (χ3v) is 5.34. The Morgan fingerprint density at radius 3 is 2.27 bits per heavy atom. The van der Waals surface area contributed by atoms with Crippen LogP contribution in [0.4, 0.5) is 5.69 Å². The van der Waals surface area contributed by atoms with Crippen molar-refractivity contribution in [2.45, 2.75) is 6.54 Å². The average molecular weight is 448 g/mol. The van der Waals surface area contributed by atoms with Crippen LogP contribution in [0, 0.1) is 0 Å². The van der Waals surface area contributed by atoms with Gasteiger partial charge in [0.25, 0.3) is 11.5 Å². The number of ether oxygens (including phenoxy) is 2. The molecule has 9 nitrogen and oxygen atoms in total. The highest BCUT2D eigenvalue weighted by Gasteiger charge is 2.21. The smallest absolute Gasteiger partial charge is 0.332 e. The summed E-state index contributed by atoms with van der Waals surface area (Å²) in [7, 11) is 4.53. The first-order valence-corrected chi connectivity index (χ1v) is 10.3. The molecule has 0 aliphatic heterocycles. The number of para-hydroxylation sites is 1. The molecule has 1 N–H and O–H groups in total. The van der Waals surface area contributed by atoms with Gasteiger partial charge in [-0.05, 0) is 42.5 Å². The van der Waals surface area contributed by atoms with Crippen molar-refractivity contribution in [3.05, 3.63) is 87.2 Å². The number of nitrogens with one attached hydrogen (secondary N) is 1. The van der Waals surface area contributed by atoms with Gasteiger partial charge in [0.2, 0.25) is 0 Å². The highest BCUT2D eigenvalue weighted by atomic mass is 16.5. The first-order chi connectivity index (χ1) is 15.9. The summed E-state index contributed by atoms with van der Waals surface area (Å²) >= 11 is 0. The molecule has 0 saturated heterocycles. The second-order valence-electron chi connectivity index (χ2n) is 7.51. The molecule has 0 radical (unpaired) electrons. The van der Waals surface area contributed by atoms with E-state index in [-0.39, 0.29) is 11.1 Å². The Bertz CT molecular complexity index is 1420. The SMILES string of the molecule is COCCn1c(C(=O)Nc2ccc(Oc3ccccc3)cc2)cc2c(=O)n(C)c(=O)n(C)c21. The molecule has 0 aliphatic carbocycles. The Hall–Kier alpha value is -4.11. The molecular weight excluding hydrogens is 424 g/mol. The van der Waals surface area contributed by atoms with E-state index in [4.69, 9.17) is 9.47 Å². The highest BCUT2D eigenvalue weighted by Crippen LogP contribution is 2.23. The maximum atomic E-state index is 13.1. The molecule has 0 spiro atoms. The molecule has 0 saturated carbocycles. The van der Waals surface area contributed by atoms with Gasteiger partial charge in [0.1, 0.15) is 22.8 Å². The van der Waals surface area contributed by atoms with Crippen molar-refractivity contribution in [3.63, 3.8) is 0 Å². The molecule has 0 aliphatic rings. The Morgan fingerprint density at radius 2 is 1.61 bits per heavy atom. The van der Waals surface area contributed by atoms with Crippen LogP contribution in [0.2, 0.25) is 0 Å². The number of aromatic nitrogens is 3. The van der Waals surface area contributed by atoms with Gasteiger partial charge in [0.15, 0.2) is 0 Å². The highest BCUT2D eigenvalue weighted by molar-refractivity contribution is 6.06. The fourth-order valence-corrected chi connectivity index (χ4v) is 3.66. The number of hydrogen-bond acceptors (Lipinski definition) is 5. The Balaban J connectivity index is 1.65. The lowest BCUT2D eigenvalue weighted by Gasteiger charge is -2.13. The van der Waals surface area contributed by atoms with E-state index >= 15 is 0 Å². The van der Waals surface area contributed by atoms with Gasteiger partial charge >= 0.3 is 5.69 Å². The fourth-order valence-electron chi connectivity index (χ4n) is 3.66. The molecule has 0 unspecified atom stereocenters. The van der Waals surface area contributed by atoms with Crippen LogP contribution < -0.4 is 21.3 Å². The zero-order valence-electron chi connectivity index (χ0n) is 18.6. The minimum atomic E-state index is -0.467. The van der Waals surface area contributed by atoms with Crippen LogP contribution in [0.5, 0.6) is 11.5 Å². The van der Waals surface area contributed by atoms with Crippen LogP contribution >= 0.6 is 0 Å². The number of carbonyl (C=O) groups is 1. The van der Waals surface area contributed by atoms with Crippen LogP contribution in [-0.4, -0.2) is 33.3 Å². The zero-order valence-corrected chi connectivity index (χ0v) is 18.6. The number of methoxy groups -OCH3 is 1. The second-order valence-corrected chi connectivity index (χ2v) is 7.51. The topological polar surface area (TPSA) is 96.5 Å². The molecule has 33 heavy (non-hydrogen) atoms. The molecular formula is C24H24N4O5. The number of amides is 1. The summed E-state index contributed by atoms with van der Waals surface area (Å²) in [6.07, 6.45) is 0. The number of rotatable bonds is 7.